The number of nitrogens with one attached hydrogen (secondary N) is 2. The number of hydrogen-bond donors (Lipinski definition) is 4. The molecule has 0 bridgehead atoms. The summed E-state index contributed by atoms with van der Waals surface area (Å²) in [6.45, 7) is 17.0. The van der Waals surface area contributed by atoms with Crippen LogP contribution in [0.1, 0.15) is 72.8 Å². The van der Waals surface area contributed by atoms with E-state index >= 15 is 0 Å². The third-order valence-corrected chi connectivity index (χ3v) is 10.6. The van der Waals surface area contributed by atoms with Gasteiger partial charge in [0.15, 0.2) is 0 Å². The summed E-state index contributed by atoms with van der Waals surface area (Å²) in [5, 5.41) is 4.86. The number of nitrogens with two attached hydrogens (primary N) is 2. The van der Waals surface area contributed by atoms with Gasteiger partial charge >= 0.3 is 18.3 Å². The maximum atomic E-state index is 14.0. The molecular weight excluding hydrogens is 729 g/mol. The number of aliphatic imine (C=N–C) groups is 2. The molecule has 282 valence electrons. The van der Waals surface area contributed by atoms with Crippen molar-refractivity contribution in [2.45, 2.75) is 100 Å². The standard InChI is InChI=1S/C35H46N6O8S3/c1-19-15-21(38-29(40-31(43)48-34(5,6)7)41-32(44)49-35(8,9)10)17-23(36)26(19)20-13-12-14-22(16-20)52(45,46)25-18-24(51-28(25)50-11)27(37)39-30(42)47-33(2,3)4/h12-18H,36H2,1-11H3,(H2,37,39,42)(H2,38,40,41,43,44). The van der Waals surface area contributed by atoms with Gasteiger partial charge in [-0.15, -0.1) is 23.1 Å². The zero-order valence-corrected chi connectivity index (χ0v) is 33.5. The number of guanidine groups is 1. The number of ether oxygens (including phenoxy) is 3. The second-order valence-corrected chi connectivity index (χ2v) is 18.5. The number of sulfone groups is 1. The molecule has 0 atom stereocenters. The number of thiophene rings is 1. The Morgan fingerprint density at radius 2 is 1.40 bits per heavy atom. The summed E-state index contributed by atoms with van der Waals surface area (Å²) in [7, 11) is -4.09. The van der Waals surface area contributed by atoms with Gasteiger partial charge in [0.25, 0.3) is 0 Å². The Morgan fingerprint density at radius 1 is 0.846 bits per heavy atom. The van der Waals surface area contributed by atoms with E-state index in [2.05, 4.69) is 20.6 Å². The monoisotopic (exact) mass is 774 g/mol. The molecule has 0 unspecified atom stereocenters. The molecule has 3 aromatic rings. The van der Waals surface area contributed by atoms with Gasteiger partial charge in [0.2, 0.25) is 15.8 Å². The van der Waals surface area contributed by atoms with E-state index in [0.717, 1.165) is 11.3 Å². The normalized spacial score (nSPS) is 12.5. The van der Waals surface area contributed by atoms with Crippen molar-refractivity contribution in [3.05, 3.63) is 52.9 Å². The molecule has 0 spiro atoms. The largest absolute Gasteiger partial charge is 0.444 e. The third kappa shape index (κ3) is 12.0. The minimum Gasteiger partial charge on any atom is -0.444 e. The zero-order valence-electron chi connectivity index (χ0n) is 31.1. The number of amidine groups is 1. The lowest BCUT2D eigenvalue weighted by Crippen LogP contribution is -2.47. The van der Waals surface area contributed by atoms with Crippen LogP contribution in [0.25, 0.3) is 11.1 Å². The number of benzene rings is 2. The zero-order chi connectivity index (χ0) is 39.4. The number of nitrogens with zero attached hydrogens (tertiary/aromatic N) is 2. The van der Waals surface area contributed by atoms with Crippen LogP contribution in [0.3, 0.4) is 0 Å². The highest BCUT2D eigenvalue weighted by molar-refractivity contribution is 8.01. The summed E-state index contributed by atoms with van der Waals surface area (Å²) in [6, 6.07) is 10.9. The van der Waals surface area contributed by atoms with Gasteiger partial charge in [-0.2, -0.15) is 4.99 Å². The topological polar surface area (TPSA) is 214 Å². The van der Waals surface area contributed by atoms with Crippen molar-refractivity contribution in [2.24, 2.45) is 15.7 Å². The van der Waals surface area contributed by atoms with Crippen LogP contribution in [0.2, 0.25) is 0 Å². The van der Waals surface area contributed by atoms with Crippen LogP contribution >= 0.6 is 23.1 Å². The number of thioether (sulfide) groups is 1. The Balaban J connectivity index is 2.02. The second-order valence-electron chi connectivity index (χ2n) is 14.4. The highest BCUT2D eigenvalue weighted by Crippen LogP contribution is 2.39. The van der Waals surface area contributed by atoms with E-state index in [1.165, 1.54) is 36.0 Å². The van der Waals surface area contributed by atoms with Crippen LogP contribution < -0.4 is 22.1 Å². The van der Waals surface area contributed by atoms with Crippen molar-refractivity contribution in [1.29, 1.82) is 0 Å². The first-order valence-corrected chi connectivity index (χ1v) is 19.4. The number of carbonyl (C=O) groups excluding carboxylic acids is 3. The molecule has 0 saturated carbocycles. The Bertz CT molecular complexity index is 1960. The van der Waals surface area contributed by atoms with E-state index in [4.69, 9.17) is 25.7 Å². The summed E-state index contributed by atoms with van der Waals surface area (Å²) in [5.41, 5.74) is 12.4. The quantitative estimate of drug-likeness (QED) is 0.0631. The average molecular weight is 775 g/mol. The lowest BCUT2D eigenvalue weighted by Gasteiger charge is -2.22. The first-order valence-electron chi connectivity index (χ1n) is 15.9. The van der Waals surface area contributed by atoms with Crippen LogP contribution in [-0.2, 0) is 24.0 Å². The highest BCUT2D eigenvalue weighted by Gasteiger charge is 2.27. The van der Waals surface area contributed by atoms with Crippen LogP contribution in [0.15, 0.2) is 66.4 Å². The SMILES string of the molecule is CSc1sc(C(N)=NC(=O)OC(C)(C)C)cc1S(=O)(=O)c1cccc(-c2c(C)cc(N=C(NC(=O)OC(C)(C)C)NC(=O)OC(C)(C)C)cc2N)c1. The average Bonchev–Trinajstić information content (AvgIpc) is 3.40. The lowest BCUT2D eigenvalue weighted by atomic mass is 9.98. The summed E-state index contributed by atoms with van der Waals surface area (Å²) >= 11 is 2.31. The minimum absolute atomic E-state index is 0.00129. The molecular formula is C35H46N6O8S3. The molecule has 1 aromatic heterocycles. The van der Waals surface area contributed by atoms with Gasteiger partial charge in [0.05, 0.1) is 24.6 Å². The van der Waals surface area contributed by atoms with Crippen LogP contribution in [0.5, 0.6) is 0 Å². The Kier molecular flexibility index (Phi) is 12.8. The Labute approximate surface area is 312 Å². The van der Waals surface area contributed by atoms with Gasteiger partial charge in [-0.3, -0.25) is 10.6 Å². The van der Waals surface area contributed by atoms with Crippen molar-refractivity contribution in [2.75, 3.05) is 12.0 Å². The predicted octanol–water partition coefficient (Wildman–Crippen LogP) is 7.54. The van der Waals surface area contributed by atoms with E-state index < -0.39 is 44.9 Å². The number of alkyl carbamates (subject to hydrolysis) is 2. The molecule has 3 rings (SSSR count). The van der Waals surface area contributed by atoms with Crippen molar-refractivity contribution in [3.63, 3.8) is 0 Å². The van der Waals surface area contributed by atoms with Crippen molar-refractivity contribution < 1.29 is 37.0 Å². The molecule has 14 nitrogen and oxygen atoms in total. The van der Waals surface area contributed by atoms with Gasteiger partial charge in [0, 0.05) is 11.3 Å². The fraction of sp³-hybridized carbons (Fsp3) is 0.400. The number of rotatable bonds is 6. The first kappa shape index (κ1) is 41.8. The van der Waals surface area contributed by atoms with Crippen LogP contribution in [-0.4, -0.2) is 61.6 Å². The lowest BCUT2D eigenvalue weighted by molar-refractivity contribution is 0.0541. The summed E-state index contributed by atoms with van der Waals surface area (Å²) in [6.07, 6.45) is -0.873. The van der Waals surface area contributed by atoms with E-state index in [-0.39, 0.29) is 33.0 Å². The maximum absolute atomic E-state index is 14.0. The van der Waals surface area contributed by atoms with E-state index in [1.54, 1.807) is 93.7 Å². The fourth-order valence-corrected chi connectivity index (χ4v) is 8.41. The molecule has 0 aliphatic carbocycles. The van der Waals surface area contributed by atoms with Crippen molar-refractivity contribution in [1.82, 2.24) is 10.6 Å². The molecule has 0 aliphatic heterocycles. The van der Waals surface area contributed by atoms with Crippen molar-refractivity contribution in [3.8, 4) is 11.1 Å². The summed E-state index contributed by atoms with van der Waals surface area (Å²) in [5.74, 6) is -0.429. The number of nitrogen functional groups attached to an aromatic ring is 1. The van der Waals surface area contributed by atoms with E-state index in [1.807, 2.05) is 0 Å². The fourth-order valence-electron chi connectivity index (χ4n) is 4.47. The Hall–Kier alpha value is -4.61. The third-order valence-electron chi connectivity index (χ3n) is 6.26. The minimum atomic E-state index is -4.09. The van der Waals surface area contributed by atoms with Crippen LogP contribution in [0, 0.1) is 6.92 Å². The molecule has 0 fully saturated rings. The smallest absolute Gasteiger partial charge is 0.436 e. The number of aryl methyl sites for hydroxylation is 1. The molecule has 1 heterocycles. The highest BCUT2D eigenvalue weighted by atomic mass is 32.2. The molecule has 0 radical (unpaired) electrons. The van der Waals surface area contributed by atoms with Gasteiger partial charge < -0.3 is 25.7 Å². The van der Waals surface area contributed by atoms with E-state index in [0.29, 0.717) is 25.8 Å². The number of carbonyl (C=O) groups is 3. The Morgan fingerprint density at radius 3 is 1.90 bits per heavy atom. The van der Waals surface area contributed by atoms with Crippen LogP contribution in [0.4, 0.5) is 25.8 Å². The molecule has 0 aliphatic rings. The first-order chi connectivity index (χ1) is 23.8. The van der Waals surface area contributed by atoms with Gasteiger partial charge in [-0.25, -0.2) is 27.8 Å². The maximum Gasteiger partial charge on any atom is 0.436 e. The number of amides is 3. The van der Waals surface area contributed by atoms with Crippen molar-refractivity contribution >= 4 is 74.4 Å². The summed E-state index contributed by atoms with van der Waals surface area (Å²) < 4.78 is 44.3. The van der Waals surface area contributed by atoms with E-state index in [9.17, 15) is 22.8 Å². The molecule has 17 heteroatoms. The second kappa shape index (κ2) is 16.0. The molecule has 52 heavy (non-hydrogen) atoms. The molecule has 6 N–H and O–H groups in total. The molecule has 0 saturated heterocycles. The molecule has 3 amide bonds. The number of hydrogen-bond acceptors (Lipinski definition) is 12. The van der Waals surface area contributed by atoms with Gasteiger partial charge in [-0.1, -0.05) is 12.1 Å². The predicted molar refractivity (Wildman–Crippen MR) is 205 cm³/mol. The van der Waals surface area contributed by atoms with Gasteiger partial charge in [-0.05, 0) is 117 Å². The van der Waals surface area contributed by atoms with Gasteiger partial charge in [0.1, 0.15) is 22.6 Å². The number of anilines is 1. The molecule has 2 aromatic carbocycles. The summed E-state index contributed by atoms with van der Waals surface area (Å²) in [4.78, 5) is 45.8.